The summed E-state index contributed by atoms with van der Waals surface area (Å²) >= 11 is 0.869. The highest BCUT2D eigenvalue weighted by Gasteiger charge is 2.32. The predicted molar refractivity (Wildman–Crippen MR) is 75.9 cm³/mol. The van der Waals surface area contributed by atoms with Crippen LogP contribution in [0, 0.1) is 5.92 Å². The lowest BCUT2D eigenvalue weighted by molar-refractivity contribution is -0.134. The van der Waals surface area contributed by atoms with Crippen molar-refractivity contribution < 1.29 is 13.2 Å². The largest absolute Gasteiger partial charge is 0.425 e. The number of likely N-dealkylation sites (tertiary alicyclic amines) is 1. The number of piperidine rings is 1. The van der Waals surface area contributed by atoms with Crippen LogP contribution in [0.25, 0.3) is 0 Å². The maximum absolute atomic E-state index is 12.5. The van der Waals surface area contributed by atoms with Crippen LogP contribution in [-0.4, -0.2) is 31.1 Å². The molecular weight excluding hydrogens is 285 g/mol. The lowest BCUT2D eigenvalue weighted by atomic mass is 9.97. The average molecular weight is 306 g/mol. The molecule has 1 saturated heterocycles. The molecule has 6 heteroatoms. The van der Waals surface area contributed by atoms with Gasteiger partial charge in [-0.05, 0) is 57.1 Å². The number of hydrogen-bond donors (Lipinski definition) is 1. The molecule has 0 spiro atoms. The minimum Gasteiger partial charge on any atom is -0.317 e. The molecule has 1 N–H and O–H groups in total. The van der Waals surface area contributed by atoms with Crippen LogP contribution in [0.15, 0.2) is 12.1 Å². The zero-order chi connectivity index (χ0) is 14.6. The van der Waals surface area contributed by atoms with Crippen molar-refractivity contribution in [2.75, 3.05) is 26.2 Å². The maximum Gasteiger partial charge on any atom is 0.425 e. The van der Waals surface area contributed by atoms with Gasteiger partial charge in [0.1, 0.15) is 4.88 Å². The van der Waals surface area contributed by atoms with Gasteiger partial charge in [0.15, 0.2) is 0 Å². The first kappa shape index (κ1) is 15.8. The van der Waals surface area contributed by atoms with Crippen molar-refractivity contribution in [1.82, 2.24) is 10.2 Å². The first-order chi connectivity index (χ1) is 9.49. The molecule has 0 unspecified atom stereocenters. The van der Waals surface area contributed by atoms with E-state index in [0.717, 1.165) is 55.2 Å². The van der Waals surface area contributed by atoms with E-state index in [1.807, 2.05) is 0 Å². The number of nitrogens with zero attached hydrogens (tertiary/aromatic N) is 1. The van der Waals surface area contributed by atoms with Gasteiger partial charge in [0.25, 0.3) is 0 Å². The normalized spacial score (nSPS) is 18.6. The summed E-state index contributed by atoms with van der Waals surface area (Å²) in [5, 5.41) is 3.36. The highest BCUT2D eigenvalue weighted by molar-refractivity contribution is 7.12. The van der Waals surface area contributed by atoms with E-state index in [0.29, 0.717) is 12.5 Å². The SMILES string of the molecule is CCNCC1CCN(Cc2ccc(C(F)(F)F)s2)CC1. The van der Waals surface area contributed by atoms with Crippen molar-refractivity contribution >= 4 is 11.3 Å². The Morgan fingerprint density at radius 1 is 1.30 bits per heavy atom. The van der Waals surface area contributed by atoms with Crippen molar-refractivity contribution in [2.45, 2.75) is 32.5 Å². The van der Waals surface area contributed by atoms with Crippen LogP contribution in [-0.2, 0) is 12.7 Å². The summed E-state index contributed by atoms with van der Waals surface area (Å²) in [5.41, 5.74) is 0. The quantitative estimate of drug-likeness (QED) is 0.894. The van der Waals surface area contributed by atoms with Gasteiger partial charge in [0.05, 0.1) is 0 Å². The Morgan fingerprint density at radius 2 is 2.00 bits per heavy atom. The monoisotopic (exact) mass is 306 g/mol. The van der Waals surface area contributed by atoms with Crippen LogP contribution >= 0.6 is 11.3 Å². The molecule has 0 bridgehead atoms. The Hall–Kier alpha value is -0.590. The average Bonchev–Trinajstić information content (AvgIpc) is 2.86. The van der Waals surface area contributed by atoms with Crippen LogP contribution in [0.4, 0.5) is 13.2 Å². The maximum atomic E-state index is 12.5. The van der Waals surface area contributed by atoms with E-state index in [9.17, 15) is 13.2 Å². The molecule has 0 amide bonds. The lowest BCUT2D eigenvalue weighted by Crippen LogP contribution is -2.36. The Balaban J connectivity index is 1.79. The van der Waals surface area contributed by atoms with E-state index in [1.54, 1.807) is 6.07 Å². The molecule has 20 heavy (non-hydrogen) atoms. The highest BCUT2D eigenvalue weighted by Crippen LogP contribution is 2.35. The molecule has 2 rings (SSSR count). The summed E-state index contributed by atoms with van der Waals surface area (Å²) in [6.07, 6.45) is -1.95. The van der Waals surface area contributed by atoms with E-state index in [1.165, 1.54) is 6.07 Å². The molecule has 2 nitrogen and oxygen atoms in total. The second-order valence-electron chi connectivity index (χ2n) is 5.29. The molecule has 1 aliphatic rings. The molecule has 1 aromatic heterocycles. The van der Waals surface area contributed by atoms with Crippen LogP contribution in [0.5, 0.6) is 0 Å². The molecule has 1 aliphatic heterocycles. The summed E-state index contributed by atoms with van der Waals surface area (Å²) in [6.45, 7) is 6.76. The minimum atomic E-state index is -4.21. The fourth-order valence-electron chi connectivity index (χ4n) is 2.53. The number of rotatable bonds is 5. The molecule has 0 atom stereocenters. The summed E-state index contributed by atoms with van der Waals surface area (Å²) < 4.78 is 37.6. The second-order valence-corrected chi connectivity index (χ2v) is 6.46. The molecule has 1 fully saturated rings. The van der Waals surface area contributed by atoms with Gasteiger partial charge in [-0.3, -0.25) is 4.90 Å². The number of halogens is 3. The number of nitrogens with one attached hydrogen (secondary N) is 1. The summed E-state index contributed by atoms with van der Waals surface area (Å²) in [7, 11) is 0. The molecule has 0 saturated carbocycles. The van der Waals surface area contributed by atoms with Crippen molar-refractivity contribution in [2.24, 2.45) is 5.92 Å². The third kappa shape index (κ3) is 4.46. The summed E-state index contributed by atoms with van der Waals surface area (Å²) in [4.78, 5) is 2.58. The van der Waals surface area contributed by atoms with E-state index < -0.39 is 11.1 Å². The number of alkyl halides is 3. The zero-order valence-electron chi connectivity index (χ0n) is 11.7. The van der Waals surface area contributed by atoms with Gasteiger partial charge in [-0.25, -0.2) is 0 Å². The molecule has 0 aliphatic carbocycles. The summed E-state index contributed by atoms with van der Waals surface area (Å²) in [5.74, 6) is 0.709. The molecule has 0 radical (unpaired) electrons. The molecular formula is C14H21F3N2S. The van der Waals surface area contributed by atoms with Gasteiger partial charge in [-0.2, -0.15) is 13.2 Å². The van der Waals surface area contributed by atoms with E-state index in [2.05, 4.69) is 17.1 Å². The topological polar surface area (TPSA) is 15.3 Å². The van der Waals surface area contributed by atoms with Crippen molar-refractivity contribution in [1.29, 1.82) is 0 Å². The minimum absolute atomic E-state index is 0.491. The standard InChI is InChI=1S/C14H21F3N2S/c1-2-18-9-11-5-7-19(8-6-11)10-12-3-4-13(20-12)14(15,16)17/h3-4,11,18H,2,5-10H2,1H3. The highest BCUT2D eigenvalue weighted by atomic mass is 32.1. The second kappa shape index (κ2) is 6.91. The number of hydrogen-bond acceptors (Lipinski definition) is 3. The van der Waals surface area contributed by atoms with Crippen molar-refractivity contribution in [3.8, 4) is 0 Å². The van der Waals surface area contributed by atoms with Crippen molar-refractivity contribution in [3.63, 3.8) is 0 Å². The van der Waals surface area contributed by atoms with Gasteiger partial charge in [0, 0.05) is 11.4 Å². The Kier molecular flexibility index (Phi) is 5.46. The van der Waals surface area contributed by atoms with Gasteiger partial charge in [-0.1, -0.05) is 6.92 Å². The number of thiophene rings is 1. The van der Waals surface area contributed by atoms with E-state index in [4.69, 9.17) is 0 Å². The predicted octanol–water partition coefficient (Wildman–Crippen LogP) is 3.59. The fourth-order valence-corrected chi connectivity index (χ4v) is 3.45. The first-order valence-corrected chi connectivity index (χ1v) is 7.89. The molecule has 1 aromatic rings. The Bertz CT molecular complexity index is 409. The van der Waals surface area contributed by atoms with Crippen LogP contribution in [0.2, 0.25) is 0 Å². The molecule has 114 valence electrons. The van der Waals surface area contributed by atoms with Gasteiger partial charge in [-0.15, -0.1) is 11.3 Å². The Morgan fingerprint density at radius 3 is 2.55 bits per heavy atom. The molecule has 0 aromatic carbocycles. The Labute approximate surface area is 122 Å². The first-order valence-electron chi connectivity index (χ1n) is 7.08. The van der Waals surface area contributed by atoms with E-state index >= 15 is 0 Å². The van der Waals surface area contributed by atoms with Crippen molar-refractivity contribution in [3.05, 3.63) is 21.9 Å². The van der Waals surface area contributed by atoms with Crippen LogP contribution in [0.1, 0.15) is 29.5 Å². The molecule has 2 heterocycles. The smallest absolute Gasteiger partial charge is 0.317 e. The van der Waals surface area contributed by atoms with Crippen LogP contribution < -0.4 is 5.32 Å². The van der Waals surface area contributed by atoms with E-state index in [-0.39, 0.29) is 0 Å². The zero-order valence-corrected chi connectivity index (χ0v) is 12.5. The van der Waals surface area contributed by atoms with Gasteiger partial charge >= 0.3 is 6.18 Å². The lowest BCUT2D eigenvalue weighted by Gasteiger charge is -2.31. The third-order valence-electron chi connectivity index (χ3n) is 3.71. The fraction of sp³-hybridized carbons (Fsp3) is 0.714. The van der Waals surface area contributed by atoms with Gasteiger partial charge in [0.2, 0.25) is 0 Å². The third-order valence-corrected chi connectivity index (χ3v) is 4.83. The van der Waals surface area contributed by atoms with Crippen LogP contribution in [0.3, 0.4) is 0 Å². The summed E-state index contributed by atoms with van der Waals surface area (Å²) in [6, 6.07) is 2.80. The van der Waals surface area contributed by atoms with Gasteiger partial charge < -0.3 is 5.32 Å².